The summed E-state index contributed by atoms with van der Waals surface area (Å²) in [5.74, 6) is -0.948. The first-order valence-corrected chi connectivity index (χ1v) is 8.75. The molecule has 0 aliphatic rings. The van der Waals surface area contributed by atoms with E-state index in [1.807, 2.05) is 0 Å². The maximum Gasteiger partial charge on any atom is 0.416 e. The molecule has 0 atom stereocenters. The lowest BCUT2D eigenvalue weighted by Crippen LogP contribution is -2.09. The number of nitrogens with zero attached hydrogens (tertiary/aromatic N) is 5. The molecule has 158 valence electrons. The minimum absolute atomic E-state index is 0.0746. The second-order valence-electron chi connectivity index (χ2n) is 6.04. The fourth-order valence-electron chi connectivity index (χ4n) is 2.37. The second kappa shape index (κ2) is 8.77. The number of hydrogen-bond acceptors (Lipinski definition) is 5. The molecule has 0 amide bonds. The molecular weight excluding hydrogens is 446 g/mol. The van der Waals surface area contributed by atoms with Gasteiger partial charge >= 0.3 is 12.1 Å². The Balaban J connectivity index is 2.87. The average Bonchev–Trinajstić information content (AvgIpc) is 3.01. The van der Waals surface area contributed by atoms with Crippen LogP contribution >= 0.6 is 23.2 Å². The molecule has 0 aliphatic heterocycles. The van der Waals surface area contributed by atoms with Gasteiger partial charge in [0.25, 0.3) is 0 Å². The number of methoxy groups -OCH3 is 1. The Morgan fingerprint density at radius 2 is 1.93 bits per heavy atom. The average molecular weight is 460 g/mol. The molecule has 0 saturated carbocycles. The van der Waals surface area contributed by atoms with Crippen molar-refractivity contribution in [3.05, 3.63) is 45.6 Å². The Kier molecular flexibility index (Phi) is 6.80. The van der Waals surface area contributed by atoms with Gasteiger partial charge in [0.2, 0.25) is 0 Å². The fraction of sp³-hybridized carbons (Fsp3) is 0.222. The van der Waals surface area contributed by atoms with Crippen molar-refractivity contribution in [3.63, 3.8) is 0 Å². The van der Waals surface area contributed by atoms with Crippen molar-refractivity contribution in [3.8, 4) is 11.8 Å². The summed E-state index contributed by atoms with van der Waals surface area (Å²) < 4.78 is 44.8. The zero-order chi connectivity index (χ0) is 22.8. The quantitative estimate of drug-likeness (QED) is 0.285. The maximum atomic E-state index is 13.1. The molecule has 0 fully saturated rings. The number of nitriles is 1. The van der Waals surface area contributed by atoms with Gasteiger partial charge in [-0.15, -0.1) is 0 Å². The molecular formula is C18H14Cl2F3N5O2. The molecule has 1 heterocycles. The third kappa shape index (κ3) is 4.58. The number of alkyl halides is 3. The van der Waals surface area contributed by atoms with Gasteiger partial charge < -0.3 is 9.64 Å². The van der Waals surface area contributed by atoms with Gasteiger partial charge in [0.15, 0.2) is 11.5 Å². The molecule has 0 unspecified atom stereocenters. The van der Waals surface area contributed by atoms with Gasteiger partial charge in [-0.3, -0.25) is 0 Å². The van der Waals surface area contributed by atoms with Crippen LogP contribution in [0.4, 0.5) is 19.0 Å². The van der Waals surface area contributed by atoms with Crippen LogP contribution in [0.3, 0.4) is 0 Å². The number of esters is 1. The van der Waals surface area contributed by atoms with Gasteiger partial charge in [-0.05, 0) is 12.1 Å². The Morgan fingerprint density at radius 3 is 2.37 bits per heavy atom. The van der Waals surface area contributed by atoms with Crippen molar-refractivity contribution in [1.82, 2.24) is 14.7 Å². The summed E-state index contributed by atoms with van der Waals surface area (Å²) in [5, 5.41) is 12.7. The van der Waals surface area contributed by atoms with Crippen LogP contribution in [-0.2, 0) is 15.7 Å². The van der Waals surface area contributed by atoms with Crippen LogP contribution in [0.15, 0.2) is 23.7 Å². The summed E-state index contributed by atoms with van der Waals surface area (Å²) in [6, 6.07) is 3.14. The first-order chi connectivity index (χ1) is 13.9. The molecule has 0 radical (unpaired) electrons. The predicted octanol–water partition coefficient (Wildman–Crippen LogP) is 4.48. The van der Waals surface area contributed by atoms with E-state index in [1.165, 1.54) is 6.34 Å². The summed E-state index contributed by atoms with van der Waals surface area (Å²) in [4.78, 5) is 17.7. The topological polar surface area (TPSA) is 83.5 Å². The summed E-state index contributed by atoms with van der Waals surface area (Å²) in [6.07, 6.45) is -3.35. The van der Waals surface area contributed by atoms with Crippen LogP contribution in [-0.4, -0.2) is 48.2 Å². The number of aliphatic imine (C=N–C) groups is 1. The molecule has 0 saturated heterocycles. The molecule has 2 aromatic rings. The van der Waals surface area contributed by atoms with Crippen LogP contribution in [0.2, 0.25) is 10.0 Å². The van der Waals surface area contributed by atoms with E-state index in [0.717, 1.165) is 11.8 Å². The first-order valence-electron chi connectivity index (χ1n) is 8.00. The Bertz CT molecular complexity index is 1060. The number of benzene rings is 1. The molecule has 30 heavy (non-hydrogen) atoms. The number of aromatic nitrogens is 2. The predicted molar refractivity (Wildman–Crippen MR) is 106 cm³/mol. The maximum absolute atomic E-state index is 13.1. The standard InChI is InChI=1S/C18H14Cl2F3N5O2/c1-9(17(29)30-4)14-13(7-24)26-28(16(14)25-8-27(2)3)15-11(19)5-10(6-12(15)20)18(21,22)23/h5-6,8H,1H2,2-4H3/b25-8+. The number of halogens is 5. The van der Waals surface area contributed by atoms with Crippen LogP contribution < -0.4 is 0 Å². The Morgan fingerprint density at radius 1 is 1.37 bits per heavy atom. The highest BCUT2D eigenvalue weighted by molar-refractivity contribution is 6.38. The zero-order valence-corrected chi connectivity index (χ0v) is 17.4. The molecule has 1 aromatic carbocycles. The van der Waals surface area contributed by atoms with Crippen molar-refractivity contribution in [1.29, 1.82) is 5.26 Å². The first kappa shape index (κ1) is 23.3. The lowest BCUT2D eigenvalue weighted by molar-refractivity contribution is -0.137. The van der Waals surface area contributed by atoms with E-state index >= 15 is 0 Å². The normalized spacial score (nSPS) is 11.4. The van der Waals surface area contributed by atoms with E-state index in [2.05, 4.69) is 21.4 Å². The summed E-state index contributed by atoms with van der Waals surface area (Å²) in [7, 11) is 4.43. The number of carbonyl (C=O) groups is 1. The third-order valence-corrected chi connectivity index (χ3v) is 4.24. The highest BCUT2D eigenvalue weighted by Crippen LogP contribution is 2.40. The number of carbonyl (C=O) groups excluding carboxylic acids is 1. The molecule has 12 heteroatoms. The highest BCUT2D eigenvalue weighted by Gasteiger charge is 2.33. The third-order valence-electron chi connectivity index (χ3n) is 3.67. The van der Waals surface area contributed by atoms with Crippen molar-refractivity contribution in [2.24, 2.45) is 4.99 Å². The number of rotatable bonds is 5. The SMILES string of the molecule is C=C(C(=O)OC)c1c(C#N)nn(-c2c(Cl)cc(C(F)(F)F)cc2Cl)c1/N=C/N(C)C. The minimum Gasteiger partial charge on any atom is -0.465 e. The van der Waals surface area contributed by atoms with Gasteiger partial charge in [-0.25, -0.2) is 14.5 Å². The van der Waals surface area contributed by atoms with E-state index < -0.39 is 27.8 Å². The molecule has 0 bridgehead atoms. The molecule has 7 nitrogen and oxygen atoms in total. The van der Waals surface area contributed by atoms with Crippen LogP contribution in [0.1, 0.15) is 16.8 Å². The molecule has 0 aliphatic carbocycles. The largest absolute Gasteiger partial charge is 0.465 e. The number of hydrogen-bond donors (Lipinski definition) is 0. The summed E-state index contributed by atoms with van der Waals surface area (Å²) >= 11 is 12.2. The van der Waals surface area contributed by atoms with Gasteiger partial charge in [0, 0.05) is 14.1 Å². The molecule has 2 rings (SSSR count). The lowest BCUT2D eigenvalue weighted by Gasteiger charge is -2.14. The molecule has 0 N–H and O–H groups in total. The molecule has 1 aromatic heterocycles. The van der Waals surface area contributed by atoms with Gasteiger partial charge in [-0.1, -0.05) is 29.8 Å². The van der Waals surface area contributed by atoms with Crippen molar-refractivity contribution >= 4 is 46.9 Å². The second-order valence-corrected chi connectivity index (χ2v) is 6.85. The monoisotopic (exact) mass is 459 g/mol. The van der Waals surface area contributed by atoms with E-state index in [0.29, 0.717) is 12.1 Å². The van der Waals surface area contributed by atoms with Gasteiger partial charge in [0.1, 0.15) is 11.8 Å². The van der Waals surface area contributed by atoms with Crippen molar-refractivity contribution in [2.45, 2.75) is 6.18 Å². The Labute approximate surface area is 179 Å². The van der Waals surface area contributed by atoms with Crippen molar-refractivity contribution in [2.75, 3.05) is 21.2 Å². The Hall–Kier alpha value is -3.03. The van der Waals surface area contributed by atoms with E-state index in [-0.39, 0.29) is 28.3 Å². The van der Waals surface area contributed by atoms with E-state index in [1.54, 1.807) is 25.1 Å². The fourth-order valence-corrected chi connectivity index (χ4v) is 3.01. The zero-order valence-electron chi connectivity index (χ0n) is 15.9. The summed E-state index contributed by atoms with van der Waals surface area (Å²) in [5.41, 5.74) is -1.80. The van der Waals surface area contributed by atoms with Crippen LogP contribution in [0, 0.1) is 11.3 Å². The molecule has 0 spiro atoms. The smallest absolute Gasteiger partial charge is 0.416 e. The van der Waals surface area contributed by atoms with Gasteiger partial charge in [0.05, 0.1) is 40.2 Å². The summed E-state index contributed by atoms with van der Waals surface area (Å²) in [6.45, 7) is 3.61. The van der Waals surface area contributed by atoms with Crippen molar-refractivity contribution < 1.29 is 22.7 Å². The van der Waals surface area contributed by atoms with Crippen LogP contribution in [0.25, 0.3) is 11.3 Å². The van der Waals surface area contributed by atoms with E-state index in [4.69, 9.17) is 23.2 Å². The lowest BCUT2D eigenvalue weighted by atomic mass is 10.1. The highest BCUT2D eigenvalue weighted by atomic mass is 35.5. The van der Waals surface area contributed by atoms with Crippen LogP contribution in [0.5, 0.6) is 0 Å². The van der Waals surface area contributed by atoms with E-state index in [9.17, 15) is 23.2 Å². The number of ether oxygens (including phenoxy) is 1. The minimum atomic E-state index is -4.68. The van der Waals surface area contributed by atoms with Gasteiger partial charge in [-0.2, -0.15) is 23.5 Å².